The van der Waals surface area contributed by atoms with Crippen LogP contribution >= 0.6 is 0 Å². The minimum absolute atomic E-state index is 0.0906. The lowest BCUT2D eigenvalue weighted by Crippen LogP contribution is -2.37. The van der Waals surface area contributed by atoms with Crippen molar-refractivity contribution >= 4 is 11.9 Å². The Morgan fingerprint density at radius 2 is 2.14 bits per heavy atom. The summed E-state index contributed by atoms with van der Waals surface area (Å²) in [7, 11) is 1.61. The number of carboxylic acids is 1. The Balaban J connectivity index is 1.89. The highest BCUT2D eigenvalue weighted by Gasteiger charge is 2.27. The highest BCUT2D eigenvalue weighted by atomic mass is 16.5. The number of benzene rings is 1. The van der Waals surface area contributed by atoms with Crippen LogP contribution in [0.3, 0.4) is 0 Å². The summed E-state index contributed by atoms with van der Waals surface area (Å²) in [4.78, 5) is 24.5. The topological polar surface area (TPSA) is 66.8 Å². The van der Waals surface area contributed by atoms with Crippen molar-refractivity contribution < 1.29 is 19.4 Å². The number of amides is 1. The Bertz CT molecular complexity index is 511. The molecule has 1 amide bonds. The van der Waals surface area contributed by atoms with Gasteiger partial charge in [-0.15, -0.1) is 0 Å². The van der Waals surface area contributed by atoms with Crippen LogP contribution in [-0.2, 0) is 16.0 Å². The molecule has 1 N–H and O–H groups in total. The molecule has 0 heterocycles. The Labute approximate surface area is 124 Å². The molecule has 1 aromatic carbocycles. The summed E-state index contributed by atoms with van der Waals surface area (Å²) in [6.07, 6.45) is 3.11. The van der Waals surface area contributed by atoms with Crippen LogP contribution in [0.4, 0.5) is 0 Å². The molecule has 1 aliphatic carbocycles. The van der Waals surface area contributed by atoms with E-state index in [9.17, 15) is 9.59 Å². The van der Waals surface area contributed by atoms with Crippen LogP contribution in [0.15, 0.2) is 24.3 Å². The third kappa shape index (κ3) is 5.10. The van der Waals surface area contributed by atoms with Crippen LogP contribution in [0.25, 0.3) is 0 Å². The van der Waals surface area contributed by atoms with Gasteiger partial charge in [0.2, 0.25) is 5.91 Å². The SMILES string of the molecule is COc1cccc(CCC(=O)N(CC(=O)O)CC2CC2)c1. The summed E-state index contributed by atoms with van der Waals surface area (Å²) in [6, 6.07) is 7.58. The molecule has 0 spiro atoms. The molecule has 0 atom stereocenters. The van der Waals surface area contributed by atoms with E-state index in [0.29, 0.717) is 25.3 Å². The maximum absolute atomic E-state index is 12.2. The van der Waals surface area contributed by atoms with Gasteiger partial charge in [-0.05, 0) is 42.9 Å². The van der Waals surface area contributed by atoms with E-state index in [1.54, 1.807) is 7.11 Å². The van der Waals surface area contributed by atoms with Crippen molar-refractivity contribution in [2.24, 2.45) is 5.92 Å². The lowest BCUT2D eigenvalue weighted by atomic mass is 10.1. The molecule has 114 valence electrons. The van der Waals surface area contributed by atoms with Crippen molar-refractivity contribution in [2.75, 3.05) is 20.2 Å². The van der Waals surface area contributed by atoms with E-state index in [0.717, 1.165) is 24.2 Å². The number of carbonyl (C=O) groups excluding carboxylic acids is 1. The van der Waals surface area contributed by atoms with Gasteiger partial charge in [-0.2, -0.15) is 0 Å². The summed E-state index contributed by atoms with van der Waals surface area (Å²) in [6.45, 7) is 0.372. The molecule has 0 radical (unpaired) electrons. The fourth-order valence-corrected chi connectivity index (χ4v) is 2.27. The van der Waals surface area contributed by atoms with Gasteiger partial charge in [0.05, 0.1) is 7.11 Å². The minimum Gasteiger partial charge on any atom is -0.497 e. The molecule has 0 saturated heterocycles. The maximum Gasteiger partial charge on any atom is 0.323 e. The molecule has 1 aliphatic rings. The summed E-state index contributed by atoms with van der Waals surface area (Å²) in [5.74, 6) is 0.211. The second-order valence-electron chi connectivity index (χ2n) is 5.46. The third-order valence-electron chi connectivity index (χ3n) is 3.62. The Hall–Kier alpha value is -2.04. The second kappa shape index (κ2) is 7.11. The molecular formula is C16H21NO4. The first-order chi connectivity index (χ1) is 10.1. The van der Waals surface area contributed by atoms with Gasteiger partial charge in [0.1, 0.15) is 12.3 Å². The van der Waals surface area contributed by atoms with E-state index >= 15 is 0 Å². The fraction of sp³-hybridized carbons (Fsp3) is 0.500. The Morgan fingerprint density at radius 3 is 2.76 bits per heavy atom. The molecule has 5 nitrogen and oxygen atoms in total. The van der Waals surface area contributed by atoms with Gasteiger partial charge in [0, 0.05) is 13.0 Å². The van der Waals surface area contributed by atoms with E-state index in [-0.39, 0.29) is 12.5 Å². The summed E-state index contributed by atoms with van der Waals surface area (Å²) in [5.41, 5.74) is 1.02. The molecule has 21 heavy (non-hydrogen) atoms. The fourth-order valence-electron chi connectivity index (χ4n) is 2.27. The van der Waals surface area contributed by atoms with E-state index in [1.165, 1.54) is 4.90 Å². The third-order valence-corrected chi connectivity index (χ3v) is 3.62. The van der Waals surface area contributed by atoms with Gasteiger partial charge in [-0.3, -0.25) is 9.59 Å². The number of carbonyl (C=O) groups is 2. The monoisotopic (exact) mass is 291 g/mol. The largest absolute Gasteiger partial charge is 0.497 e. The zero-order valence-electron chi connectivity index (χ0n) is 12.2. The van der Waals surface area contributed by atoms with Gasteiger partial charge in [0.15, 0.2) is 0 Å². The van der Waals surface area contributed by atoms with E-state index in [1.807, 2.05) is 24.3 Å². The number of methoxy groups -OCH3 is 1. The van der Waals surface area contributed by atoms with Crippen LogP contribution in [0.1, 0.15) is 24.8 Å². The number of carboxylic acid groups (broad SMARTS) is 1. The van der Waals surface area contributed by atoms with Gasteiger partial charge in [0.25, 0.3) is 0 Å². The molecule has 5 heteroatoms. The van der Waals surface area contributed by atoms with Crippen LogP contribution in [0.2, 0.25) is 0 Å². The maximum atomic E-state index is 12.2. The average molecular weight is 291 g/mol. The average Bonchev–Trinajstić information content (AvgIpc) is 3.28. The molecule has 1 fully saturated rings. The number of aliphatic carboxylic acids is 1. The smallest absolute Gasteiger partial charge is 0.323 e. The first-order valence-electron chi connectivity index (χ1n) is 7.21. The van der Waals surface area contributed by atoms with E-state index in [4.69, 9.17) is 9.84 Å². The predicted molar refractivity (Wildman–Crippen MR) is 78.3 cm³/mol. The summed E-state index contributed by atoms with van der Waals surface area (Å²) >= 11 is 0. The van der Waals surface area contributed by atoms with Crippen LogP contribution in [-0.4, -0.2) is 42.1 Å². The molecule has 2 rings (SSSR count). The molecule has 1 aromatic rings. The van der Waals surface area contributed by atoms with Gasteiger partial charge >= 0.3 is 5.97 Å². The molecule has 0 aromatic heterocycles. The molecular weight excluding hydrogens is 270 g/mol. The van der Waals surface area contributed by atoms with Crippen LogP contribution in [0.5, 0.6) is 5.75 Å². The number of hydrogen-bond acceptors (Lipinski definition) is 3. The van der Waals surface area contributed by atoms with Crippen molar-refractivity contribution in [1.82, 2.24) is 4.90 Å². The Morgan fingerprint density at radius 1 is 1.38 bits per heavy atom. The second-order valence-corrected chi connectivity index (χ2v) is 5.46. The van der Waals surface area contributed by atoms with Crippen molar-refractivity contribution in [1.29, 1.82) is 0 Å². The standard InChI is InChI=1S/C16H21NO4/c1-21-14-4-2-3-12(9-14)7-8-15(18)17(11-16(19)20)10-13-5-6-13/h2-4,9,13H,5-8,10-11H2,1H3,(H,19,20). The van der Waals surface area contributed by atoms with Gasteiger partial charge in [-0.1, -0.05) is 12.1 Å². The number of hydrogen-bond donors (Lipinski definition) is 1. The molecule has 0 aliphatic heterocycles. The summed E-state index contributed by atoms with van der Waals surface area (Å²) < 4.78 is 5.15. The van der Waals surface area contributed by atoms with Crippen molar-refractivity contribution in [2.45, 2.75) is 25.7 Å². The predicted octanol–water partition coefficient (Wildman–Crippen LogP) is 1.95. The zero-order valence-corrected chi connectivity index (χ0v) is 12.2. The first kappa shape index (κ1) is 15.4. The lowest BCUT2D eigenvalue weighted by Gasteiger charge is -2.20. The van der Waals surface area contributed by atoms with Crippen LogP contribution < -0.4 is 4.74 Å². The number of ether oxygens (including phenoxy) is 1. The van der Waals surface area contributed by atoms with Crippen molar-refractivity contribution in [3.63, 3.8) is 0 Å². The number of nitrogens with zero attached hydrogens (tertiary/aromatic N) is 1. The van der Waals surface area contributed by atoms with E-state index < -0.39 is 5.97 Å². The highest BCUT2D eigenvalue weighted by Crippen LogP contribution is 2.29. The van der Waals surface area contributed by atoms with Crippen LogP contribution in [0, 0.1) is 5.92 Å². The summed E-state index contributed by atoms with van der Waals surface area (Å²) in [5, 5.41) is 8.91. The quantitative estimate of drug-likeness (QED) is 0.795. The normalized spacial score (nSPS) is 13.8. The molecule has 1 saturated carbocycles. The number of rotatable bonds is 8. The van der Waals surface area contributed by atoms with Crippen molar-refractivity contribution in [3.8, 4) is 5.75 Å². The number of aryl methyl sites for hydroxylation is 1. The molecule has 0 bridgehead atoms. The van der Waals surface area contributed by atoms with Crippen molar-refractivity contribution in [3.05, 3.63) is 29.8 Å². The Kier molecular flexibility index (Phi) is 5.20. The zero-order chi connectivity index (χ0) is 15.2. The lowest BCUT2D eigenvalue weighted by molar-refractivity contribution is -0.144. The highest BCUT2D eigenvalue weighted by molar-refractivity contribution is 5.81. The minimum atomic E-state index is -0.953. The first-order valence-corrected chi connectivity index (χ1v) is 7.21. The van der Waals surface area contributed by atoms with E-state index in [2.05, 4.69) is 0 Å². The van der Waals surface area contributed by atoms with Gasteiger partial charge in [-0.25, -0.2) is 0 Å². The molecule has 0 unspecified atom stereocenters. The van der Waals surface area contributed by atoms with Gasteiger partial charge < -0.3 is 14.7 Å².